The van der Waals surface area contributed by atoms with Gasteiger partial charge in [0.05, 0.1) is 16.7 Å². The summed E-state index contributed by atoms with van der Waals surface area (Å²) in [5, 5.41) is 11.8. The zero-order chi connectivity index (χ0) is 23.7. The van der Waals surface area contributed by atoms with E-state index in [-0.39, 0.29) is 5.91 Å². The maximum absolute atomic E-state index is 13.5. The molecule has 7 nitrogen and oxygen atoms in total. The lowest BCUT2D eigenvalue weighted by atomic mass is 9.94. The van der Waals surface area contributed by atoms with E-state index in [1.165, 1.54) is 0 Å². The topological polar surface area (TPSA) is 81.1 Å². The van der Waals surface area contributed by atoms with Crippen molar-refractivity contribution in [1.82, 2.24) is 25.4 Å². The van der Waals surface area contributed by atoms with Gasteiger partial charge in [0.15, 0.2) is 0 Å². The summed E-state index contributed by atoms with van der Waals surface area (Å²) in [5.74, 6) is 0.612. The number of aromatic nitrogens is 3. The summed E-state index contributed by atoms with van der Waals surface area (Å²) < 4.78 is 7.65. The lowest BCUT2D eigenvalue weighted by Gasteiger charge is -2.22. The predicted molar refractivity (Wildman–Crippen MR) is 133 cm³/mol. The molecule has 1 fully saturated rings. The number of ether oxygens (including phenoxy) is 1. The molecule has 1 amide bonds. The first-order valence-electron chi connectivity index (χ1n) is 11.6. The molecule has 0 bridgehead atoms. The Balaban J connectivity index is 1.50. The number of fused-ring (bicyclic) bond motifs is 1. The van der Waals surface area contributed by atoms with E-state index >= 15 is 0 Å². The number of carbonyl (C=O) groups excluding carboxylic acids is 1. The van der Waals surface area contributed by atoms with E-state index in [1.807, 2.05) is 56.0 Å². The highest BCUT2D eigenvalue weighted by molar-refractivity contribution is 5.98. The second-order valence-electron chi connectivity index (χ2n) is 8.90. The van der Waals surface area contributed by atoms with Crippen molar-refractivity contribution in [2.24, 2.45) is 7.05 Å². The molecule has 0 atom stereocenters. The number of nitrogens with zero attached hydrogens (tertiary/aromatic N) is 3. The summed E-state index contributed by atoms with van der Waals surface area (Å²) in [4.78, 5) is 18.1. The number of hydrogen-bond acceptors (Lipinski definition) is 5. The van der Waals surface area contributed by atoms with Crippen LogP contribution in [0.15, 0.2) is 60.9 Å². The first-order valence-corrected chi connectivity index (χ1v) is 11.6. The number of nitrogens with one attached hydrogen (secondary N) is 2. The van der Waals surface area contributed by atoms with E-state index in [1.54, 1.807) is 12.4 Å². The van der Waals surface area contributed by atoms with Gasteiger partial charge in [-0.25, -0.2) is 0 Å². The highest BCUT2D eigenvalue weighted by atomic mass is 16.5. The van der Waals surface area contributed by atoms with Gasteiger partial charge in [-0.3, -0.25) is 14.5 Å². The maximum Gasteiger partial charge on any atom is 0.252 e. The van der Waals surface area contributed by atoms with Crippen molar-refractivity contribution in [2.45, 2.75) is 25.3 Å². The monoisotopic (exact) mass is 455 g/mol. The van der Waals surface area contributed by atoms with Crippen LogP contribution in [0.25, 0.3) is 22.2 Å². The van der Waals surface area contributed by atoms with Crippen LogP contribution < -0.4 is 15.4 Å². The van der Waals surface area contributed by atoms with Crippen LogP contribution in [0.5, 0.6) is 5.75 Å². The van der Waals surface area contributed by atoms with Gasteiger partial charge < -0.3 is 15.4 Å². The van der Waals surface area contributed by atoms with Gasteiger partial charge in [-0.1, -0.05) is 12.1 Å². The molecule has 34 heavy (non-hydrogen) atoms. The van der Waals surface area contributed by atoms with Crippen LogP contribution in [0.1, 0.15) is 34.3 Å². The average Bonchev–Trinajstić information content (AvgIpc) is 3.49. The minimum absolute atomic E-state index is 0.0861. The van der Waals surface area contributed by atoms with E-state index in [0.29, 0.717) is 17.9 Å². The molecule has 1 aliphatic carbocycles. The van der Waals surface area contributed by atoms with Crippen LogP contribution >= 0.6 is 0 Å². The molecule has 2 aromatic heterocycles. The van der Waals surface area contributed by atoms with Gasteiger partial charge in [0.25, 0.3) is 5.91 Å². The standard InChI is InChI=1S/C27H29N5O2/c1-18-6-7-20(34-14-13-28-2)17-22(18)26(33)31-27(9-10-27)23-15-19(25-8-12-30-32(25)3)16-24-21(23)5-4-11-29-24/h4-8,11-12,15-17,28H,9-10,13-14H2,1-3H3,(H,31,33). The Labute approximate surface area is 199 Å². The fraction of sp³-hybridized carbons (Fsp3) is 0.296. The second-order valence-corrected chi connectivity index (χ2v) is 8.90. The van der Waals surface area contributed by atoms with Crippen LogP contribution in [0.2, 0.25) is 0 Å². The molecule has 4 aromatic rings. The number of likely N-dealkylation sites (N-methyl/N-ethyl adjacent to an activating group) is 1. The van der Waals surface area contributed by atoms with Gasteiger partial charge in [0.1, 0.15) is 12.4 Å². The average molecular weight is 456 g/mol. The zero-order valence-electron chi connectivity index (χ0n) is 19.8. The number of hydrogen-bond donors (Lipinski definition) is 2. The molecule has 7 heteroatoms. The molecule has 0 spiro atoms. The number of carbonyl (C=O) groups is 1. The summed E-state index contributed by atoms with van der Waals surface area (Å²) in [5.41, 5.74) is 5.20. The van der Waals surface area contributed by atoms with Crippen molar-refractivity contribution < 1.29 is 9.53 Å². The molecule has 0 saturated heterocycles. The predicted octanol–water partition coefficient (Wildman–Crippen LogP) is 3.96. The zero-order valence-corrected chi connectivity index (χ0v) is 19.8. The highest BCUT2D eigenvalue weighted by Crippen LogP contribution is 2.49. The molecule has 0 unspecified atom stereocenters. The minimum Gasteiger partial charge on any atom is -0.492 e. The van der Waals surface area contributed by atoms with Crippen molar-refractivity contribution in [3.63, 3.8) is 0 Å². The van der Waals surface area contributed by atoms with E-state index in [9.17, 15) is 4.79 Å². The van der Waals surface area contributed by atoms with Crippen LogP contribution in [-0.4, -0.2) is 40.9 Å². The highest BCUT2D eigenvalue weighted by Gasteiger charge is 2.47. The molecule has 5 rings (SSSR count). The SMILES string of the molecule is CNCCOc1ccc(C)c(C(=O)NC2(c3cc(-c4ccnn4C)cc4ncccc34)CC2)c1. The molecule has 2 N–H and O–H groups in total. The fourth-order valence-electron chi connectivity index (χ4n) is 4.46. The molecule has 174 valence electrons. The first kappa shape index (κ1) is 22.1. The van der Waals surface area contributed by atoms with Crippen LogP contribution in [0.4, 0.5) is 0 Å². The largest absolute Gasteiger partial charge is 0.492 e. The molecular weight excluding hydrogens is 426 g/mol. The number of rotatable bonds is 8. The Morgan fingerprint density at radius 3 is 2.74 bits per heavy atom. The van der Waals surface area contributed by atoms with E-state index in [4.69, 9.17) is 4.74 Å². The third-order valence-corrected chi connectivity index (χ3v) is 6.53. The Morgan fingerprint density at radius 1 is 1.15 bits per heavy atom. The van der Waals surface area contributed by atoms with Gasteiger partial charge in [-0.2, -0.15) is 5.10 Å². The van der Waals surface area contributed by atoms with Crippen molar-refractivity contribution in [1.29, 1.82) is 0 Å². The summed E-state index contributed by atoms with van der Waals surface area (Å²) in [6.07, 6.45) is 5.37. The van der Waals surface area contributed by atoms with E-state index in [0.717, 1.165) is 52.7 Å². The number of aryl methyl sites for hydroxylation is 2. The molecule has 0 radical (unpaired) electrons. The van der Waals surface area contributed by atoms with Crippen molar-refractivity contribution in [3.8, 4) is 17.0 Å². The van der Waals surface area contributed by atoms with Gasteiger partial charge >= 0.3 is 0 Å². The molecule has 2 aromatic carbocycles. The van der Waals surface area contributed by atoms with Crippen LogP contribution in [-0.2, 0) is 12.6 Å². The van der Waals surface area contributed by atoms with Crippen LogP contribution in [0.3, 0.4) is 0 Å². The minimum atomic E-state index is -0.414. The van der Waals surface area contributed by atoms with Crippen molar-refractivity contribution in [3.05, 3.63) is 77.6 Å². The molecular formula is C27H29N5O2. The lowest BCUT2D eigenvalue weighted by Crippen LogP contribution is -2.35. The molecule has 1 saturated carbocycles. The Kier molecular flexibility index (Phi) is 5.79. The number of benzene rings is 2. The normalized spacial score (nSPS) is 14.2. The van der Waals surface area contributed by atoms with Gasteiger partial charge in [0.2, 0.25) is 0 Å². The van der Waals surface area contributed by atoms with E-state index < -0.39 is 5.54 Å². The van der Waals surface area contributed by atoms with Gasteiger partial charge in [0, 0.05) is 42.5 Å². The summed E-state index contributed by atoms with van der Waals surface area (Å²) in [7, 11) is 3.82. The second kappa shape index (κ2) is 8.91. The third-order valence-electron chi connectivity index (χ3n) is 6.53. The maximum atomic E-state index is 13.5. The summed E-state index contributed by atoms with van der Waals surface area (Å²) in [6.45, 7) is 3.24. The Morgan fingerprint density at radius 2 is 2.00 bits per heavy atom. The smallest absolute Gasteiger partial charge is 0.252 e. The molecule has 2 heterocycles. The number of amides is 1. The fourth-order valence-corrected chi connectivity index (χ4v) is 4.46. The van der Waals surface area contributed by atoms with Crippen LogP contribution in [0, 0.1) is 6.92 Å². The van der Waals surface area contributed by atoms with Gasteiger partial charge in [-0.15, -0.1) is 0 Å². The third kappa shape index (κ3) is 4.15. The lowest BCUT2D eigenvalue weighted by molar-refractivity contribution is 0.0930. The Hall–Kier alpha value is -3.71. The molecule has 0 aliphatic heterocycles. The van der Waals surface area contributed by atoms with Crippen molar-refractivity contribution >= 4 is 16.8 Å². The molecule has 1 aliphatic rings. The first-order chi connectivity index (χ1) is 16.5. The summed E-state index contributed by atoms with van der Waals surface area (Å²) >= 11 is 0. The van der Waals surface area contributed by atoms with Crippen molar-refractivity contribution in [2.75, 3.05) is 20.2 Å². The van der Waals surface area contributed by atoms with Gasteiger partial charge in [-0.05, 0) is 74.3 Å². The summed E-state index contributed by atoms with van der Waals surface area (Å²) in [6, 6.07) is 16.0. The Bertz CT molecular complexity index is 1360. The van der Waals surface area contributed by atoms with E-state index in [2.05, 4.69) is 38.9 Å². The quantitative estimate of drug-likeness (QED) is 0.393. The number of pyridine rings is 1.